The molecule has 0 radical (unpaired) electrons. The van der Waals surface area contributed by atoms with E-state index in [2.05, 4.69) is 36.3 Å². The van der Waals surface area contributed by atoms with Crippen molar-refractivity contribution < 1.29 is 9.00 Å². The van der Waals surface area contributed by atoms with E-state index < -0.39 is 10.8 Å². The van der Waals surface area contributed by atoms with E-state index in [0.717, 1.165) is 5.69 Å². The van der Waals surface area contributed by atoms with Gasteiger partial charge < -0.3 is 4.90 Å². The van der Waals surface area contributed by atoms with Crippen molar-refractivity contribution in [3.63, 3.8) is 0 Å². The number of aromatic nitrogens is 2. The van der Waals surface area contributed by atoms with Crippen LogP contribution in [-0.2, 0) is 16.2 Å². The molecule has 0 aliphatic heterocycles. The van der Waals surface area contributed by atoms with E-state index in [1.807, 2.05) is 13.0 Å². The topological polar surface area (TPSA) is 75.2 Å². The van der Waals surface area contributed by atoms with E-state index in [0.29, 0.717) is 11.6 Å². The lowest BCUT2D eigenvalue weighted by Crippen LogP contribution is -2.41. The lowest BCUT2D eigenvalue weighted by Gasteiger charge is -2.24. The molecule has 1 aromatic rings. The first kappa shape index (κ1) is 17.6. The fourth-order valence-electron chi connectivity index (χ4n) is 1.65. The van der Waals surface area contributed by atoms with Gasteiger partial charge in [-0.1, -0.05) is 20.8 Å². The van der Waals surface area contributed by atoms with Crippen LogP contribution >= 0.6 is 0 Å². The minimum absolute atomic E-state index is 0.0773. The molecule has 0 aliphatic carbocycles. The quantitative estimate of drug-likeness (QED) is 0.922. The first-order valence-corrected chi connectivity index (χ1v) is 8.52. The molecule has 0 bridgehead atoms. The van der Waals surface area contributed by atoms with Crippen LogP contribution in [-0.4, -0.2) is 50.4 Å². The molecule has 1 N–H and O–H groups in total. The van der Waals surface area contributed by atoms with Crippen LogP contribution in [0.4, 0.5) is 10.6 Å². The molecule has 0 aliphatic rings. The summed E-state index contributed by atoms with van der Waals surface area (Å²) in [6.07, 6.45) is 1.62. The van der Waals surface area contributed by atoms with Crippen molar-refractivity contribution in [3.05, 3.63) is 17.8 Å². The van der Waals surface area contributed by atoms with E-state index in [-0.39, 0.29) is 17.5 Å². The average Bonchev–Trinajstić information content (AvgIpc) is 2.36. The van der Waals surface area contributed by atoms with Crippen molar-refractivity contribution in [2.24, 2.45) is 0 Å². The van der Waals surface area contributed by atoms with Crippen LogP contribution in [0.2, 0.25) is 0 Å². The highest BCUT2D eigenvalue weighted by molar-refractivity contribution is 7.84. The molecule has 0 saturated heterocycles. The van der Waals surface area contributed by atoms with E-state index in [9.17, 15) is 9.00 Å². The van der Waals surface area contributed by atoms with Gasteiger partial charge in [-0.3, -0.25) is 9.53 Å². The predicted molar refractivity (Wildman–Crippen MR) is 85.9 cm³/mol. The van der Waals surface area contributed by atoms with Gasteiger partial charge >= 0.3 is 6.03 Å². The minimum Gasteiger partial charge on any atom is -0.324 e. The largest absolute Gasteiger partial charge is 0.324 e. The van der Waals surface area contributed by atoms with Gasteiger partial charge in [-0.25, -0.2) is 4.79 Å². The average molecular weight is 312 g/mol. The standard InChI is InChI=1S/C14H24N4O2S/c1-10(9-21(6)20)18(5)13(19)15-12-8-7-11(16-17-12)14(2,3)4/h7-8,10H,9H2,1-6H3,(H,15,17,19)/t10-,21-/m0/s1. The highest BCUT2D eigenvalue weighted by Crippen LogP contribution is 2.19. The molecule has 1 aromatic heterocycles. The monoisotopic (exact) mass is 312 g/mol. The molecule has 1 rings (SSSR count). The van der Waals surface area contributed by atoms with E-state index in [4.69, 9.17) is 0 Å². The molecule has 7 heteroatoms. The molecule has 21 heavy (non-hydrogen) atoms. The fourth-order valence-corrected chi connectivity index (χ4v) is 2.55. The second-order valence-electron chi connectivity index (χ2n) is 6.18. The number of anilines is 1. The molecule has 1 heterocycles. The molecule has 0 fully saturated rings. The third-order valence-electron chi connectivity index (χ3n) is 3.13. The van der Waals surface area contributed by atoms with Crippen molar-refractivity contribution >= 4 is 22.6 Å². The summed E-state index contributed by atoms with van der Waals surface area (Å²) in [5, 5.41) is 10.8. The molecular weight excluding hydrogens is 288 g/mol. The number of urea groups is 1. The van der Waals surface area contributed by atoms with Crippen molar-refractivity contribution in [1.82, 2.24) is 15.1 Å². The zero-order chi connectivity index (χ0) is 16.2. The van der Waals surface area contributed by atoms with E-state index in [1.165, 1.54) is 4.90 Å². The van der Waals surface area contributed by atoms with Crippen molar-refractivity contribution in [2.75, 3.05) is 24.4 Å². The van der Waals surface area contributed by atoms with Gasteiger partial charge in [0.15, 0.2) is 5.82 Å². The Morgan fingerprint density at radius 2 is 2.00 bits per heavy atom. The molecular formula is C14H24N4O2S. The third-order valence-corrected chi connectivity index (χ3v) is 4.08. The Labute approximate surface area is 128 Å². The number of carbonyl (C=O) groups is 1. The number of rotatable bonds is 4. The Balaban J connectivity index is 2.68. The number of amides is 2. The lowest BCUT2D eigenvalue weighted by molar-refractivity contribution is 0.212. The summed E-state index contributed by atoms with van der Waals surface area (Å²) in [6.45, 7) is 8.01. The molecule has 6 nitrogen and oxygen atoms in total. The first-order valence-electron chi connectivity index (χ1n) is 6.79. The maximum absolute atomic E-state index is 12.1. The molecule has 0 saturated carbocycles. The Morgan fingerprint density at radius 3 is 2.43 bits per heavy atom. The normalized spacial score (nSPS) is 14.4. The number of nitrogens with one attached hydrogen (secondary N) is 1. The van der Waals surface area contributed by atoms with Crippen LogP contribution < -0.4 is 5.32 Å². The molecule has 2 amide bonds. The molecule has 0 spiro atoms. The van der Waals surface area contributed by atoms with Gasteiger partial charge in [0.2, 0.25) is 0 Å². The summed E-state index contributed by atoms with van der Waals surface area (Å²) in [5.41, 5.74) is 0.787. The lowest BCUT2D eigenvalue weighted by atomic mass is 9.92. The summed E-state index contributed by atoms with van der Waals surface area (Å²) in [6, 6.07) is 3.19. The van der Waals surface area contributed by atoms with Gasteiger partial charge in [0.25, 0.3) is 0 Å². The molecule has 118 valence electrons. The summed E-state index contributed by atoms with van der Waals surface area (Å²) in [4.78, 5) is 13.6. The van der Waals surface area contributed by atoms with E-state index >= 15 is 0 Å². The van der Waals surface area contributed by atoms with Crippen LogP contribution in [0.15, 0.2) is 12.1 Å². The maximum Gasteiger partial charge on any atom is 0.323 e. The Morgan fingerprint density at radius 1 is 1.38 bits per heavy atom. The molecule has 2 atom stereocenters. The number of carbonyl (C=O) groups excluding carboxylic acids is 1. The Hall–Kier alpha value is -1.50. The van der Waals surface area contributed by atoms with Crippen molar-refractivity contribution in [2.45, 2.75) is 39.2 Å². The number of nitrogens with zero attached hydrogens (tertiary/aromatic N) is 3. The van der Waals surface area contributed by atoms with Crippen LogP contribution in [0, 0.1) is 0 Å². The predicted octanol–water partition coefficient (Wildman–Crippen LogP) is 2.00. The zero-order valence-electron chi connectivity index (χ0n) is 13.5. The third kappa shape index (κ3) is 5.41. The summed E-state index contributed by atoms with van der Waals surface area (Å²) < 4.78 is 11.2. The van der Waals surface area contributed by atoms with Crippen molar-refractivity contribution in [1.29, 1.82) is 0 Å². The summed E-state index contributed by atoms with van der Waals surface area (Å²) in [5.74, 6) is 0.850. The first-order chi connectivity index (χ1) is 9.61. The second-order valence-corrected chi connectivity index (χ2v) is 7.66. The maximum atomic E-state index is 12.1. The summed E-state index contributed by atoms with van der Waals surface area (Å²) in [7, 11) is 0.728. The Bertz CT molecular complexity index is 511. The SMILES string of the molecule is C[C@@H](C[S@](C)=O)N(C)C(=O)Nc1ccc(C(C)(C)C)nn1. The van der Waals surface area contributed by atoms with Crippen molar-refractivity contribution in [3.8, 4) is 0 Å². The fraction of sp³-hybridized carbons (Fsp3) is 0.643. The highest BCUT2D eigenvalue weighted by Gasteiger charge is 2.19. The Kier molecular flexibility index (Phi) is 5.83. The molecule has 0 unspecified atom stereocenters. The van der Waals surface area contributed by atoms with Crippen LogP contribution in [0.3, 0.4) is 0 Å². The second kappa shape index (κ2) is 6.98. The number of hydrogen-bond acceptors (Lipinski definition) is 4. The molecule has 0 aromatic carbocycles. The van der Waals surface area contributed by atoms with Gasteiger partial charge in [0.1, 0.15) is 0 Å². The highest BCUT2D eigenvalue weighted by atomic mass is 32.2. The van der Waals surface area contributed by atoms with Gasteiger partial charge in [-0.05, 0) is 19.1 Å². The van der Waals surface area contributed by atoms with Crippen LogP contribution in [0.5, 0.6) is 0 Å². The number of hydrogen-bond donors (Lipinski definition) is 1. The minimum atomic E-state index is -0.942. The van der Waals surface area contributed by atoms with Crippen LogP contribution in [0.25, 0.3) is 0 Å². The van der Waals surface area contributed by atoms with Gasteiger partial charge in [-0.15, -0.1) is 5.10 Å². The van der Waals surface area contributed by atoms with Crippen LogP contribution in [0.1, 0.15) is 33.4 Å². The van der Waals surface area contributed by atoms with E-state index in [1.54, 1.807) is 19.4 Å². The van der Waals surface area contributed by atoms with Gasteiger partial charge in [0, 0.05) is 41.3 Å². The van der Waals surface area contributed by atoms with Gasteiger partial charge in [0.05, 0.1) is 5.69 Å². The zero-order valence-corrected chi connectivity index (χ0v) is 14.3. The van der Waals surface area contributed by atoms with Gasteiger partial charge in [-0.2, -0.15) is 5.10 Å². The summed E-state index contributed by atoms with van der Waals surface area (Å²) >= 11 is 0. The smallest absolute Gasteiger partial charge is 0.323 e.